The predicted molar refractivity (Wildman–Crippen MR) is 80.6 cm³/mol. The van der Waals surface area contributed by atoms with Crippen LogP contribution in [0.15, 0.2) is 29.2 Å². The molecule has 2 aromatic heterocycles. The smallest absolute Gasteiger partial charge is 0.228 e. The zero-order valence-electron chi connectivity index (χ0n) is 12.9. The zero-order chi connectivity index (χ0) is 16.2. The number of ketones is 1. The minimum absolute atomic E-state index is 0.00363. The van der Waals surface area contributed by atoms with E-state index >= 15 is 0 Å². The first-order chi connectivity index (χ1) is 11.1. The lowest BCUT2D eigenvalue weighted by Gasteiger charge is -2.31. The third-order valence-electron chi connectivity index (χ3n) is 4.23. The Morgan fingerprint density at radius 1 is 1.30 bits per heavy atom. The summed E-state index contributed by atoms with van der Waals surface area (Å²) in [5.74, 6) is 0.0662. The monoisotopic (exact) mass is 314 g/mol. The average molecular weight is 314 g/mol. The molecule has 1 amide bonds. The second-order valence-corrected chi connectivity index (χ2v) is 5.73. The van der Waals surface area contributed by atoms with Crippen LogP contribution < -0.4 is 0 Å². The fourth-order valence-corrected chi connectivity index (χ4v) is 2.80. The molecule has 0 aromatic carbocycles. The molecule has 0 aliphatic carbocycles. The predicted octanol–water partition coefficient (Wildman–Crippen LogP) is 1.44. The molecule has 7 nitrogen and oxygen atoms in total. The summed E-state index contributed by atoms with van der Waals surface area (Å²) in [5.41, 5.74) is 1.85. The van der Waals surface area contributed by atoms with Gasteiger partial charge < -0.3 is 4.90 Å². The van der Waals surface area contributed by atoms with Gasteiger partial charge in [-0.2, -0.15) is 0 Å². The molecule has 1 saturated heterocycles. The highest BCUT2D eigenvalue weighted by Crippen LogP contribution is 2.22. The molecule has 1 aliphatic heterocycles. The molecule has 0 saturated carbocycles. The minimum atomic E-state index is -0.0429. The normalized spacial score (nSPS) is 15.6. The fourth-order valence-electron chi connectivity index (χ4n) is 2.80. The lowest BCUT2D eigenvalue weighted by molar-refractivity contribution is -0.131. The van der Waals surface area contributed by atoms with Gasteiger partial charge in [0.05, 0.1) is 6.42 Å². The van der Waals surface area contributed by atoms with Crippen molar-refractivity contribution in [2.75, 3.05) is 13.1 Å². The number of piperidine rings is 1. The molecule has 1 aliphatic rings. The first-order valence-corrected chi connectivity index (χ1v) is 7.65. The Labute approximate surface area is 133 Å². The Hall–Kier alpha value is -2.57. The highest BCUT2D eigenvalue weighted by Gasteiger charge is 2.28. The van der Waals surface area contributed by atoms with Gasteiger partial charge in [-0.3, -0.25) is 14.6 Å². The van der Waals surface area contributed by atoms with Crippen LogP contribution in [0, 0.1) is 12.8 Å². The van der Waals surface area contributed by atoms with E-state index in [1.807, 2.05) is 0 Å². The van der Waals surface area contributed by atoms with Crippen molar-refractivity contribution in [1.29, 1.82) is 0 Å². The number of amides is 1. The summed E-state index contributed by atoms with van der Waals surface area (Å²) in [4.78, 5) is 30.5. The van der Waals surface area contributed by atoms with Crippen molar-refractivity contribution in [3.63, 3.8) is 0 Å². The number of hydrogen-bond donors (Lipinski definition) is 0. The zero-order valence-corrected chi connectivity index (χ0v) is 12.9. The lowest BCUT2D eigenvalue weighted by Crippen LogP contribution is -2.41. The van der Waals surface area contributed by atoms with E-state index in [1.165, 1.54) is 0 Å². The van der Waals surface area contributed by atoms with E-state index in [9.17, 15) is 9.59 Å². The third kappa shape index (κ3) is 3.44. The minimum Gasteiger partial charge on any atom is -0.342 e. The van der Waals surface area contributed by atoms with E-state index in [4.69, 9.17) is 0 Å². The molecule has 7 heteroatoms. The molecular formula is C16H18N4O3. The number of rotatable bonds is 4. The number of aromatic nitrogens is 3. The molecule has 23 heavy (non-hydrogen) atoms. The van der Waals surface area contributed by atoms with Gasteiger partial charge in [0.2, 0.25) is 5.91 Å². The molecule has 3 heterocycles. The van der Waals surface area contributed by atoms with E-state index in [-0.39, 0.29) is 24.0 Å². The number of pyridine rings is 1. The Balaban J connectivity index is 1.55. The van der Waals surface area contributed by atoms with Crippen molar-refractivity contribution in [3.05, 3.63) is 41.5 Å². The molecule has 0 spiro atoms. The van der Waals surface area contributed by atoms with Crippen LogP contribution in [0.3, 0.4) is 0 Å². The fraction of sp³-hybridized carbons (Fsp3) is 0.438. The van der Waals surface area contributed by atoms with Gasteiger partial charge in [-0.15, -0.1) is 0 Å². The molecule has 0 atom stereocenters. The number of nitrogens with zero attached hydrogens (tertiary/aromatic N) is 4. The number of carbonyl (C=O) groups is 2. The Morgan fingerprint density at radius 3 is 2.70 bits per heavy atom. The molecular weight excluding hydrogens is 296 g/mol. The topological polar surface area (TPSA) is 89.2 Å². The van der Waals surface area contributed by atoms with Crippen LogP contribution in [0.2, 0.25) is 0 Å². The summed E-state index contributed by atoms with van der Waals surface area (Å²) in [6, 6.07) is 3.55. The highest BCUT2D eigenvalue weighted by molar-refractivity contribution is 5.97. The maximum absolute atomic E-state index is 12.4. The first-order valence-electron chi connectivity index (χ1n) is 7.65. The van der Waals surface area contributed by atoms with Crippen molar-refractivity contribution in [3.8, 4) is 0 Å². The maximum atomic E-state index is 12.4. The maximum Gasteiger partial charge on any atom is 0.228 e. The molecule has 2 aromatic rings. The summed E-state index contributed by atoms with van der Waals surface area (Å²) in [6.07, 6.45) is 4.79. The van der Waals surface area contributed by atoms with Gasteiger partial charge in [-0.1, -0.05) is 10.3 Å². The quantitative estimate of drug-likeness (QED) is 0.793. The molecule has 120 valence electrons. The Morgan fingerprint density at radius 2 is 2.09 bits per heavy atom. The van der Waals surface area contributed by atoms with Gasteiger partial charge in [-0.05, 0) is 31.9 Å². The third-order valence-corrected chi connectivity index (χ3v) is 4.23. The summed E-state index contributed by atoms with van der Waals surface area (Å²) in [5, 5.41) is 7.41. The van der Waals surface area contributed by atoms with Crippen molar-refractivity contribution < 1.29 is 14.2 Å². The van der Waals surface area contributed by atoms with E-state index in [0.717, 1.165) is 0 Å². The van der Waals surface area contributed by atoms with E-state index < -0.39 is 0 Å². The van der Waals surface area contributed by atoms with Crippen LogP contribution in [0.5, 0.6) is 0 Å². The standard InChI is InChI=1S/C16H18N4O3/c1-11-14(19-23-18-11)9-15(21)20-7-4-12(5-8-20)16(22)13-3-2-6-17-10-13/h2-3,6,10,12H,4-5,7-9H2,1H3. The first kappa shape index (κ1) is 15.3. The van der Waals surface area contributed by atoms with E-state index in [0.29, 0.717) is 42.9 Å². The number of carbonyl (C=O) groups excluding carboxylic acids is 2. The highest BCUT2D eigenvalue weighted by atomic mass is 16.6. The second kappa shape index (κ2) is 6.68. The Kier molecular flexibility index (Phi) is 4.45. The number of likely N-dealkylation sites (tertiary alicyclic amines) is 1. The molecule has 1 fully saturated rings. The molecule has 0 unspecified atom stereocenters. The lowest BCUT2D eigenvalue weighted by atomic mass is 9.89. The number of Topliss-reactive ketones (excluding diaryl/α,β-unsaturated/α-hetero) is 1. The van der Waals surface area contributed by atoms with Crippen LogP contribution in [0.25, 0.3) is 0 Å². The van der Waals surface area contributed by atoms with Gasteiger partial charge >= 0.3 is 0 Å². The van der Waals surface area contributed by atoms with Crippen molar-refractivity contribution in [2.24, 2.45) is 5.92 Å². The second-order valence-electron chi connectivity index (χ2n) is 5.73. The van der Waals surface area contributed by atoms with Crippen molar-refractivity contribution >= 4 is 11.7 Å². The average Bonchev–Trinajstić information content (AvgIpc) is 3.00. The molecule has 0 bridgehead atoms. The van der Waals surface area contributed by atoms with Gasteiger partial charge in [0, 0.05) is 37.0 Å². The van der Waals surface area contributed by atoms with E-state index in [1.54, 1.807) is 36.4 Å². The SMILES string of the molecule is Cc1nonc1CC(=O)N1CCC(C(=O)c2cccnc2)CC1. The van der Waals surface area contributed by atoms with Gasteiger partial charge in [0.1, 0.15) is 11.4 Å². The summed E-state index contributed by atoms with van der Waals surface area (Å²) in [7, 11) is 0. The van der Waals surface area contributed by atoms with Gasteiger partial charge in [0.25, 0.3) is 0 Å². The van der Waals surface area contributed by atoms with Crippen LogP contribution >= 0.6 is 0 Å². The van der Waals surface area contributed by atoms with Gasteiger partial charge in [0.15, 0.2) is 5.78 Å². The largest absolute Gasteiger partial charge is 0.342 e. The van der Waals surface area contributed by atoms with Crippen LogP contribution in [-0.2, 0) is 11.2 Å². The molecule has 3 rings (SSSR count). The summed E-state index contributed by atoms with van der Waals surface area (Å²) >= 11 is 0. The van der Waals surface area contributed by atoms with Crippen LogP contribution in [0.1, 0.15) is 34.6 Å². The number of aryl methyl sites for hydroxylation is 1. The van der Waals surface area contributed by atoms with E-state index in [2.05, 4.69) is 19.9 Å². The molecule has 0 radical (unpaired) electrons. The van der Waals surface area contributed by atoms with Crippen molar-refractivity contribution in [2.45, 2.75) is 26.2 Å². The van der Waals surface area contributed by atoms with Crippen LogP contribution in [0.4, 0.5) is 0 Å². The molecule has 0 N–H and O–H groups in total. The summed E-state index contributed by atoms with van der Waals surface area (Å²) in [6.45, 7) is 2.93. The van der Waals surface area contributed by atoms with Gasteiger partial charge in [-0.25, -0.2) is 4.63 Å². The van der Waals surface area contributed by atoms with Crippen LogP contribution in [-0.4, -0.2) is 45.0 Å². The van der Waals surface area contributed by atoms with Crippen molar-refractivity contribution in [1.82, 2.24) is 20.2 Å². The Bertz CT molecular complexity index is 690. The summed E-state index contributed by atoms with van der Waals surface area (Å²) < 4.78 is 4.61. The number of hydrogen-bond acceptors (Lipinski definition) is 6.